The number of hydrogen-bond donors (Lipinski definition) is 0. The predicted octanol–water partition coefficient (Wildman–Crippen LogP) is 2.90. The topological polar surface area (TPSA) is 94.2 Å². The highest BCUT2D eigenvalue weighted by Crippen LogP contribution is 2.27. The van der Waals surface area contributed by atoms with E-state index < -0.39 is 11.6 Å². The van der Waals surface area contributed by atoms with Gasteiger partial charge >= 0.3 is 0 Å². The van der Waals surface area contributed by atoms with Gasteiger partial charge in [0.2, 0.25) is 0 Å². The van der Waals surface area contributed by atoms with Crippen LogP contribution in [-0.2, 0) is 4.79 Å². The zero-order valence-electron chi connectivity index (χ0n) is 16.2. The normalized spacial score (nSPS) is 14.7. The van der Waals surface area contributed by atoms with Crippen LogP contribution in [-0.4, -0.2) is 50.6 Å². The first-order valence-electron chi connectivity index (χ1n) is 9.48. The number of nitrogens with zero attached hydrogens (tertiary/aromatic N) is 5. The molecular weight excluding hydrogens is 396 g/mol. The maximum absolute atomic E-state index is 13.6. The van der Waals surface area contributed by atoms with Crippen molar-refractivity contribution in [3.8, 4) is 17.3 Å². The molecule has 30 heavy (non-hydrogen) atoms. The molecule has 10 heteroatoms. The number of ether oxygens (including phenoxy) is 1. The second-order valence-electron chi connectivity index (χ2n) is 7.02. The number of rotatable bonds is 5. The Labute approximate surface area is 170 Å². The summed E-state index contributed by atoms with van der Waals surface area (Å²) in [5, 5.41) is 4.05. The second kappa shape index (κ2) is 8.52. The summed E-state index contributed by atoms with van der Waals surface area (Å²) in [7, 11) is 0. The van der Waals surface area contributed by atoms with Crippen molar-refractivity contribution >= 4 is 5.91 Å². The van der Waals surface area contributed by atoms with E-state index in [0.29, 0.717) is 49.4 Å². The van der Waals surface area contributed by atoms with Gasteiger partial charge in [-0.3, -0.25) is 9.78 Å². The van der Waals surface area contributed by atoms with Crippen LogP contribution in [0.2, 0.25) is 0 Å². The second-order valence-corrected chi connectivity index (χ2v) is 7.02. The third-order valence-corrected chi connectivity index (χ3v) is 4.90. The first-order valence-corrected chi connectivity index (χ1v) is 9.48. The van der Waals surface area contributed by atoms with Crippen molar-refractivity contribution in [3.05, 3.63) is 53.7 Å². The van der Waals surface area contributed by atoms with E-state index in [2.05, 4.69) is 20.1 Å². The summed E-state index contributed by atoms with van der Waals surface area (Å²) >= 11 is 0. The monoisotopic (exact) mass is 415 g/mol. The molecule has 0 saturated carbocycles. The van der Waals surface area contributed by atoms with Crippen molar-refractivity contribution in [3.63, 3.8) is 0 Å². The summed E-state index contributed by atoms with van der Waals surface area (Å²) in [5.41, 5.74) is 1.30. The van der Waals surface area contributed by atoms with Crippen LogP contribution in [0.15, 0.2) is 35.1 Å². The van der Waals surface area contributed by atoms with Gasteiger partial charge in [-0.1, -0.05) is 5.16 Å². The minimum absolute atomic E-state index is 0.0559. The Balaban J connectivity index is 1.30. The maximum atomic E-state index is 13.6. The van der Waals surface area contributed by atoms with E-state index in [9.17, 15) is 13.6 Å². The fourth-order valence-electron chi connectivity index (χ4n) is 3.22. The summed E-state index contributed by atoms with van der Waals surface area (Å²) in [6, 6.07) is 2.96. The summed E-state index contributed by atoms with van der Waals surface area (Å²) in [6.07, 6.45) is 4.53. The molecule has 3 heterocycles. The zero-order chi connectivity index (χ0) is 21.1. The van der Waals surface area contributed by atoms with E-state index in [4.69, 9.17) is 9.26 Å². The van der Waals surface area contributed by atoms with Crippen LogP contribution in [0, 0.1) is 18.6 Å². The lowest BCUT2D eigenvalue weighted by Gasteiger charge is -2.30. The molecule has 1 aliphatic heterocycles. The first-order chi connectivity index (χ1) is 14.5. The van der Waals surface area contributed by atoms with Crippen LogP contribution in [0.1, 0.15) is 30.3 Å². The van der Waals surface area contributed by atoms with Crippen molar-refractivity contribution in [1.29, 1.82) is 0 Å². The number of benzene rings is 1. The van der Waals surface area contributed by atoms with Gasteiger partial charge in [0.25, 0.3) is 11.8 Å². The van der Waals surface area contributed by atoms with E-state index in [-0.39, 0.29) is 24.2 Å². The molecule has 0 N–H and O–H groups in total. The predicted molar refractivity (Wildman–Crippen MR) is 100 cm³/mol. The van der Waals surface area contributed by atoms with Crippen molar-refractivity contribution in [2.45, 2.75) is 25.7 Å². The molecule has 0 unspecified atom stereocenters. The van der Waals surface area contributed by atoms with E-state index >= 15 is 0 Å². The molecule has 0 aliphatic carbocycles. The molecule has 1 fully saturated rings. The molecule has 0 bridgehead atoms. The number of amides is 1. The van der Waals surface area contributed by atoms with Gasteiger partial charge in [0.15, 0.2) is 24.0 Å². The molecule has 1 amide bonds. The average Bonchev–Trinajstić information content (AvgIpc) is 3.24. The first kappa shape index (κ1) is 19.9. The van der Waals surface area contributed by atoms with Gasteiger partial charge in [-0.05, 0) is 31.9 Å². The molecule has 1 aliphatic rings. The standard InChI is InChI=1S/C20H19F2N5O3/c1-12-9-24-16(10-23-12)20-25-19(26-30-20)13-4-6-27(7-5-13)18(28)11-29-17-3-2-14(21)8-15(17)22/h2-3,8-10,13H,4-7,11H2,1H3. The number of likely N-dealkylation sites (tertiary alicyclic amines) is 1. The largest absolute Gasteiger partial charge is 0.481 e. The summed E-state index contributed by atoms with van der Waals surface area (Å²) in [6.45, 7) is 2.51. The van der Waals surface area contributed by atoms with Gasteiger partial charge in [-0.25, -0.2) is 13.8 Å². The third-order valence-electron chi connectivity index (χ3n) is 4.90. The third kappa shape index (κ3) is 4.42. The molecule has 0 radical (unpaired) electrons. The molecular formula is C20H19F2N5O3. The molecule has 1 saturated heterocycles. The van der Waals surface area contributed by atoms with Crippen molar-refractivity contribution in [2.75, 3.05) is 19.7 Å². The van der Waals surface area contributed by atoms with Crippen molar-refractivity contribution in [1.82, 2.24) is 25.0 Å². The Morgan fingerprint density at radius 2 is 2.03 bits per heavy atom. The summed E-state index contributed by atoms with van der Waals surface area (Å²) in [4.78, 5) is 26.8. The Hall–Kier alpha value is -3.43. The molecule has 0 spiro atoms. The molecule has 156 valence electrons. The van der Waals surface area contributed by atoms with Gasteiger partial charge < -0.3 is 14.2 Å². The van der Waals surface area contributed by atoms with Gasteiger partial charge in [0.05, 0.1) is 11.9 Å². The Morgan fingerprint density at radius 3 is 2.73 bits per heavy atom. The molecule has 3 aromatic rings. The molecule has 2 aromatic heterocycles. The van der Waals surface area contributed by atoms with Crippen LogP contribution in [0.25, 0.3) is 11.6 Å². The van der Waals surface area contributed by atoms with E-state index in [1.165, 1.54) is 0 Å². The number of aryl methyl sites for hydroxylation is 1. The van der Waals surface area contributed by atoms with Gasteiger partial charge in [0, 0.05) is 31.3 Å². The lowest BCUT2D eigenvalue weighted by Crippen LogP contribution is -2.40. The Bertz CT molecular complexity index is 1030. The minimum atomic E-state index is -0.840. The van der Waals surface area contributed by atoms with Crippen LogP contribution < -0.4 is 4.74 Å². The number of carbonyl (C=O) groups excluding carboxylic acids is 1. The fourth-order valence-corrected chi connectivity index (χ4v) is 3.22. The molecule has 8 nitrogen and oxygen atoms in total. The molecule has 1 aromatic carbocycles. The van der Waals surface area contributed by atoms with E-state index in [0.717, 1.165) is 17.8 Å². The zero-order valence-corrected chi connectivity index (χ0v) is 16.2. The lowest BCUT2D eigenvalue weighted by atomic mass is 9.96. The van der Waals surface area contributed by atoms with Crippen molar-refractivity contribution < 1.29 is 22.8 Å². The smallest absolute Gasteiger partial charge is 0.278 e. The number of hydrogen-bond acceptors (Lipinski definition) is 7. The van der Waals surface area contributed by atoms with Gasteiger partial charge in [-0.15, -0.1) is 0 Å². The van der Waals surface area contributed by atoms with Crippen LogP contribution in [0.3, 0.4) is 0 Å². The molecule has 0 atom stereocenters. The lowest BCUT2D eigenvalue weighted by molar-refractivity contribution is -0.134. The SMILES string of the molecule is Cc1cnc(-c2nc(C3CCN(C(=O)COc4ccc(F)cc4F)CC3)no2)cn1. The van der Waals surface area contributed by atoms with Crippen LogP contribution in [0.5, 0.6) is 5.75 Å². The van der Waals surface area contributed by atoms with Gasteiger partial charge in [-0.2, -0.15) is 4.98 Å². The summed E-state index contributed by atoms with van der Waals surface area (Å²) < 4.78 is 37.0. The number of aromatic nitrogens is 4. The van der Waals surface area contributed by atoms with E-state index in [1.54, 1.807) is 17.3 Å². The Morgan fingerprint density at radius 1 is 1.23 bits per heavy atom. The van der Waals surface area contributed by atoms with E-state index in [1.807, 2.05) is 6.92 Å². The highest BCUT2D eigenvalue weighted by Gasteiger charge is 2.27. The number of carbonyl (C=O) groups is 1. The minimum Gasteiger partial charge on any atom is -0.481 e. The summed E-state index contributed by atoms with van der Waals surface area (Å²) in [5.74, 6) is -1.02. The van der Waals surface area contributed by atoms with Gasteiger partial charge in [0.1, 0.15) is 11.5 Å². The Kier molecular flexibility index (Phi) is 5.64. The molecule has 4 rings (SSSR count). The quantitative estimate of drug-likeness (QED) is 0.632. The maximum Gasteiger partial charge on any atom is 0.278 e. The highest BCUT2D eigenvalue weighted by atomic mass is 19.1. The highest BCUT2D eigenvalue weighted by molar-refractivity contribution is 5.77. The number of halogens is 2. The average molecular weight is 415 g/mol. The van der Waals surface area contributed by atoms with Crippen LogP contribution in [0.4, 0.5) is 8.78 Å². The van der Waals surface area contributed by atoms with Crippen LogP contribution >= 0.6 is 0 Å². The number of piperidine rings is 1. The van der Waals surface area contributed by atoms with Crippen molar-refractivity contribution in [2.24, 2.45) is 0 Å². The fraction of sp³-hybridized carbons (Fsp3) is 0.350.